The van der Waals surface area contributed by atoms with Crippen LogP contribution >= 0.6 is 0 Å². The van der Waals surface area contributed by atoms with Gasteiger partial charge in [0, 0.05) is 7.11 Å². The maximum atomic E-state index is 5.77. The van der Waals surface area contributed by atoms with E-state index < -0.39 is 6.16 Å². The van der Waals surface area contributed by atoms with E-state index in [0.29, 0.717) is 19.8 Å². The van der Waals surface area contributed by atoms with Gasteiger partial charge in [0.25, 0.3) is 0 Å². The highest BCUT2D eigenvalue weighted by Gasteiger charge is 2.33. The molecule has 4 nitrogen and oxygen atoms in total. The summed E-state index contributed by atoms with van der Waals surface area (Å²) in [4.78, 5) is 0. The Bertz CT molecular complexity index is 297. The van der Waals surface area contributed by atoms with Crippen LogP contribution < -0.4 is 0 Å². The predicted octanol–water partition coefficient (Wildman–Crippen LogP) is 5.36. The molecule has 0 aliphatic carbocycles. The third-order valence-electron chi connectivity index (χ3n) is 3.15. The second-order valence-corrected chi connectivity index (χ2v) is 5.25. The Morgan fingerprint density at radius 3 is 1.17 bits per heavy atom. The highest BCUT2D eigenvalue weighted by molar-refractivity contribution is 4.81. The van der Waals surface area contributed by atoms with Crippen molar-refractivity contribution in [3.05, 3.63) is 36.5 Å². The first-order valence-corrected chi connectivity index (χ1v) is 9.16. The maximum absolute atomic E-state index is 5.77. The Hall–Kier alpha value is -0.940. The smallest absolute Gasteiger partial charge is 0.307 e. The summed E-state index contributed by atoms with van der Waals surface area (Å²) in [5.74, 6) is 0. The summed E-state index contributed by atoms with van der Waals surface area (Å²) in [6, 6.07) is 0. The summed E-state index contributed by atoms with van der Waals surface area (Å²) >= 11 is 0. The number of allylic oxidation sites excluding steroid dienone is 3. The molecule has 4 heteroatoms. The second kappa shape index (κ2) is 16.9. The van der Waals surface area contributed by atoms with Crippen molar-refractivity contribution in [2.75, 3.05) is 26.9 Å². The highest BCUT2D eigenvalue weighted by Crippen LogP contribution is 2.18. The minimum atomic E-state index is -1.42. The summed E-state index contributed by atoms with van der Waals surface area (Å²) < 4.78 is 22.7. The molecule has 0 spiro atoms. The van der Waals surface area contributed by atoms with E-state index in [2.05, 4.69) is 57.2 Å². The molecular formula is C20H36O4. The molecule has 0 N–H and O–H groups in total. The lowest BCUT2D eigenvalue weighted by Crippen LogP contribution is -2.42. The number of methoxy groups -OCH3 is 1. The third kappa shape index (κ3) is 12.5. The fourth-order valence-corrected chi connectivity index (χ4v) is 1.91. The Balaban J connectivity index is 4.46. The van der Waals surface area contributed by atoms with Crippen LogP contribution in [0.2, 0.25) is 0 Å². The molecule has 0 aromatic rings. The van der Waals surface area contributed by atoms with Crippen molar-refractivity contribution in [3.63, 3.8) is 0 Å². The van der Waals surface area contributed by atoms with Gasteiger partial charge in [0.1, 0.15) is 0 Å². The first-order valence-electron chi connectivity index (χ1n) is 9.16. The van der Waals surface area contributed by atoms with E-state index >= 15 is 0 Å². The molecule has 0 saturated heterocycles. The minimum Gasteiger partial charge on any atom is -0.307 e. The van der Waals surface area contributed by atoms with Crippen LogP contribution in [-0.4, -0.2) is 33.1 Å². The van der Waals surface area contributed by atoms with Gasteiger partial charge in [-0.2, -0.15) is 0 Å². The molecular weight excluding hydrogens is 304 g/mol. The summed E-state index contributed by atoms with van der Waals surface area (Å²) in [6.07, 6.45) is 16.7. The van der Waals surface area contributed by atoms with Crippen molar-refractivity contribution >= 4 is 0 Å². The molecule has 0 aliphatic rings. The van der Waals surface area contributed by atoms with Gasteiger partial charge in [-0.15, -0.1) is 0 Å². The fraction of sp³-hybridized carbons (Fsp3) is 0.700. The van der Waals surface area contributed by atoms with Gasteiger partial charge in [0.05, 0.1) is 19.8 Å². The lowest BCUT2D eigenvalue weighted by atomic mass is 10.3. The number of ether oxygens (including phenoxy) is 4. The molecule has 0 atom stereocenters. The first kappa shape index (κ1) is 23.1. The predicted molar refractivity (Wildman–Crippen MR) is 99.7 cm³/mol. The van der Waals surface area contributed by atoms with Crippen LogP contribution in [-0.2, 0) is 18.9 Å². The van der Waals surface area contributed by atoms with Gasteiger partial charge in [-0.3, -0.25) is 0 Å². The summed E-state index contributed by atoms with van der Waals surface area (Å²) in [7, 11) is 1.55. The molecule has 0 aromatic carbocycles. The zero-order chi connectivity index (χ0) is 17.9. The van der Waals surface area contributed by atoms with Gasteiger partial charge in [0.2, 0.25) is 0 Å². The minimum absolute atomic E-state index is 0.486. The SMILES string of the molecule is CCC=CCCOC(OC)(OCCC=CCC)OCCC=CCC. The number of hydrogen-bond donors (Lipinski definition) is 0. The van der Waals surface area contributed by atoms with E-state index in [0.717, 1.165) is 38.5 Å². The lowest BCUT2D eigenvalue weighted by Gasteiger charge is -2.30. The van der Waals surface area contributed by atoms with Gasteiger partial charge in [-0.05, 0) is 38.5 Å². The number of hydrogen-bond acceptors (Lipinski definition) is 4. The van der Waals surface area contributed by atoms with Crippen LogP contribution in [0.5, 0.6) is 0 Å². The Labute approximate surface area is 148 Å². The van der Waals surface area contributed by atoms with Crippen LogP contribution in [0.3, 0.4) is 0 Å². The van der Waals surface area contributed by atoms with Crippen LogP contribution in [0.1, 0.15) is 59.3 Å². The standard InChI is InChI=1S/C20H36O4/c1-5-8-11-14-17-22-20(21-4,23-18-15-12-9-6-2)24-19-16-13-10-7-3/h8-13H,5-7,14-19H2,1-4H3. The molecule has 0 aromatic heterocycles. The van der Waals surface area contributed by atoms with Gasteiger partial charge in [-0.1, -0.05) is 57.2 Å². The third-order valence-corrected chi connectivity index (χ3v) is 3.15. The summed E-state index contributed by atoms with van der Waals surface area (Å²) in [5, 5.41) is 0. The summed E-state index contributed by atoms with van der Waals surface area (Å²) in [5.41, 5.74) is 0. The van der Waals surface area contributed by atoms with Gasteiger partial charge >= 0.3 is 6.16 Å². The zero-order valence-corrected chi connectivity index (χ0v) is 16.0. The molecule has 0 saturated carbocycles. The van der Waals surface area contributed by atoms with E-state index in [9.17, 15) is 0 Å². The molecule has 0 radical (unpaired) electrons. The Kier molecular flexibility index (Phi) is 16.2. The maximum Gasteiger partial charge on any atom is 0.412 e. The van der Waals surface area contributed by atoms with Crippen LogP contribution in [0, 0.1) is 0 Å². The van der Waals surface area contributed by atoms with Crippen molar-refractivity contribution in [2.24, 2.45) is 0 Å². The number of rotatable bonds is 16. The molecule has 0 fully saturated rings. The quantitative estimate of drug-likeness (QED) is 0.215. The highest BCUT2D eigenvalue weighted by atomic mass is 17.0. The zero-order valence-electron chi connectivity index (χ0n) is 16.0. The van der Waals surface area contributed by atoms with Gasteiger partial charge < -0.3 is 18.9 Å². The van der Waals surface area contributed by atoms with Crippen LogP contribution in [0.15, 0.2) is 36.5 Å². The van der Waals surface area contributed by atoms with Gasteiger partial charge in [0.15, 0.2) is 0 Å². The van der Waals surface area contributed by atoms with Crippen molar-refractivity contribution in [3.8, 4) is 0 Å². The second-order valence-electron chi connectivity index (χ2n) is 5.25. The first-order chi connectivity index (χ1) is 11.7. The lowest BCUT2D eigenvalue weighted by molar-refractivity contribution is -0.492. The molecule has 0 unspecified atom stereocenters. The van der Waals surface area contributed by atoms with Crippen LogP contribution in [0.25, 0.3) is 0 Å². The molecule has 140 valence electrons. The molecule has 0 amide bonds. The molecule has 0 bridgehead atoms. The molecule has 0 heterocycles. The van der Waals surface area contributed by atoms with E-state index in [1.165, 1.54) is 0 Å². The average Bonchev–Trinajstić information content (AvgIpc) is 2.60. The van der Waals surface area contributed by atoms with E-state index in [1.54, 1.807) is 7.11 Å². The topological polar surface area (TPSA) is 36.9 Å². The Morgan fingerprint density at radius 1 is 0.583 bits per heavy atom. The van der Waals surface area contributed by atoms with E-state index in [1.807, 2.05) is 0 Å². The summed E-state index contributed by atoms with van der Waals surface area (Å²) in [6.45, 7) is 7.78. The van der Waals surface area contributed by atoms with Crippen molar-refractivity contribution in [1.29, 1.82) is 0 Å². The Morgan fingerprint density at radius 2 is 0.917 bits per heavy atom. The fourth-order valence-electron chi connectivity index (χ4n) is 1.91. The molecule has 0 rings (SSSR count). The monoisotopic (exact) mass is 340 g/mol. The van der Waals surface area contributed by atoms with E-state index in [-0.39, 0.29) is 0 Å². The van der Waals surface area contributed by atoms with Crippen molar-refractivity contribution < 1.29 is 18.9 Å². The molecule has 0 aliphatic heterocycles. The van der Waals surface area contributed by atoms with Crippen molar-refractivity contribution in [2.45, 2.75) is 65.5 Å². The van der Waals surface area contributed by atoms with Crippen LogP contribution in [0.4, 0.5) is 0 Å². The average molecular weight is 341 g/mol. The van der Waals surface area contributed by atoms with Crippen molar-refractivity contribution in [1.82, 2.24) is 0 Å². The largest absolute Gasteiger partial charge is 0.412 e. The van der Waals surface area contributed by atoms with Gasteiger partial charge in [-0.25, -0.2) is 0 Å². The molecule has 24 heavy (non-hydrogen) atoms. The van der Waals surface area contributed by atoms with E-state index in [4.69, 9.17) is 18.9 Å². The normalized spacial score (nSPS) is 15.0.